The van der Waals surface area contributed by atoms with Crippen LogP contribution in [0.15, 0.2) is 6.20 Å². The molecule has 5 nitrogen and oxygen atoms in total. The van der Waals surface area contributed by atoms with E-state index in [9.17, 15) is 4.79 Å². The van der Waals surface area contributed by atoms with Gasteiger partial charge in [-0.25, -0.2) is 9.97 Å². The summed E-state index contributed by atoms with van der Waals surface area (Å²) in [6, 6.07) is 0. The summed E-state index contributed by atoms with van der Waals surface area (Å²) in [5.74, 6) is -0.472. The van der Waals surface area contributed by atoms with Crippen LogP contribution in [0.1, 0.15) is 30.4 Å². The van der Waals surface area contributed by atoms with E-state index in [1.807, 2.05) is 0 Å². The fourth-order valence-electron chi connectivity index (χ4n) is 2.13. The van der Waals surface area contributed by atoms with E-state index in [0.29, 0.717) is 5.82 Å². The molecule has 0 aromatic carbocycles. The van der Waals surface area contributed by atoms with Gasteiger partial charge in [0.2, 0.25) is 0 Å². The van der Waals surface area contributed by atoms with Crippen LogP contribution in [0.25, 0.3) is 0 Å². The smallest absolute Gasteiger partial charge is 0.311 e. The second-order valence-electron chi connectivity index (χ2n) is 4.35. The van der Waals surface area contributed by atoms with Crippen LogP contribution >= 0.6 is 0 Å². The molecular weight excluding hydrogens is 218 g/mol. The number of hydrogen-bond acceptors (Lipinski definition) is 4. The maximum absolute atomic E-state index is 10.6. The molecule has 0 saturated heterocycles. The molecule has 1 N–H and O–H groups in total. The third-order valence-electron chi connectivity index (χ3n) is 2.92. The molecule has 1 aliphatic rings. The number of aliphatic carboxylic acids is 1. The van der Waals surface area contributed by atoms with E-state index in [-0.39, 0.29) is 6.42 Å². The first-order chi connectivity index (χ1) is 8.19. The molecule has 0 amide bonds. The molecule has 0 radical (unpaired) electrons. The summed E-state index contributed by atoms with van der Waals surface area (Å²) in [6.07, 6.45) is 3.77. The number of nitrogens with zero attached hydrogens (tertiary/aromatic N) is 3. The van der Waals surface area contributed by atoms with E-state index in [2.05, 4.69) is 21.8 Å². The fraction of sp³-hybridized carbons (Fsp3) is 0.583. The zero-order valence-corrected chi connectivity index (χ0v) is 10.0. The van der Waals surface area contributed by atoms with Gasteiger partial charge >= 0.3 is 5.97 Å². The highest BCUT2D eigenvalue weighted by Crippen LogP contribution is 2.16. The average Bonchev–Trinajstić information content (AvgIpc) is 2.28. The van der Waals surface area contributed by atoms with E-state index in [1.165, 1.54) is 0 Å². The number of fused-ring (bicyclic) bond motifs is 1. The van der Waals surface area contributed by atoms with Crippen molar-refractivity contribution in [2.45, 2.75) is 32.7 Å². The minimum Gasteiger partial charge on any atom is -0.481 e. The number of hydrogen-bond donors (Lipinski definition) is 1. The summed E-state index contributed by atoms with van der Waals surface area (Å²) in [5, 5.41) is 8.72. The maximum atomic E-state index is 10.6. The Morgan fingerprint density at radius 2 is 2.41 bits per heavy atom. The first kappa shape index (κ1) is 12.0. The molecule has 0 saturated carbocycles. The van der Waals surface area contributed by atoms with Gasteiger partial charge in [-0.3, -0.25) is 9.69 Å². The monoisotopic (exact) mass is 235 g/mol. The van der Waals surface area contributed by atoms with Crippen LogP contribution < -0.4 is 0 Å². The van der Waals surface area contributed by atoms with E-state index < -0.39 is 5.97 Å². The Bertz CT molecular complexity index is 420. The number of carboxylic acids is 1. The van der Waals surface area contributed by atoms with Crippen molar-refractivity contribution in [3.8, 4) is 0 Å². The second-order valence-corrected chi connectivity index (χ2v) is 4.35. The Morgan fingerprint density at radius 1 is 1.59 bits per heavy atom. The Labute approximate surface area is 100 Å². The largest absolute Gasteiger partial charge is 0.481 e. The molecule has 0 aliphatic carbocycles. The highest BCUT2D eigenvalue weighted by atomic mass is 16.4. The van der Waals surface area contributed by atoms with Gasteiger partial charge in [0.25, 0.3) is 0 Å². The second kappa shape index (κ2) is 5.23. The minimum atomic E-state index is -0.883. The van der Waals surface area contributed by atoms with Crippen molar-refractivity contribution in [2.24, 2.45) is 0 Å². The lowest BCUT2D eigenvalue weighted by Gasteiger charge is -2.27. The summed E-state index contributed by atoms with van der Waals surface area (Å²) in [4.78, 5) is 21.4. The van der Waals surface area contributed by atoms with Gasteiger partial charge in [-0.05, 0) is 24.9 Å². The number of rotatable bonds is 4. The molecule has 2 heterocycles. The zero-order valence-electron chi connectivity index (χ0n) is 10.0. The average molecular weight is 235 g/mol. The fourth-order valence-corrected chi connectivity index (χ4v) is 2.13. The van der Waals surface area contributed by atoms with Gasteiger partial charge in [0.05, 0.1) is 5.69 Å². The molecule has 1 aliphatic heterocycles. The van der Waals surface area contributed by atoms with Gasteiger partial charge in [0.15, 0.2) is 0 Å². The standard InChI is InChI=1S/C12H17N3O2/c1-2-4-15-5-3-9-7-13-11(6-12(16)17)14-10(9)8-15/h7H,2-6,8H2,1H3,(H,16,17). The molecular formula is C12H17N3O2. The molecule has 0 unspecified atom stereocenters. The summed E-state index contributed by atoms with van der Waals surface area (Å²) in [6.45, 7) is 5.09. The Balaban J connectivity index is 2.14. The lowest BCUT2D eigenvalue weighted by molar-refractivity contribution is -0.136. The minimum absolute atomic E-state index is 0.0962. The van der Waals surface area contributed by atoms with Crippen LogP contribution in [-0.2, 0) is 24.2 Å². The molecule has 0 atom stereocenters. The van der Waals surface area contributed by atoms with Gasteiger partial charge < -0.3 is 5.11 Å². The zero-order chi connectivity index (χ0) is 12.3. The van der Waals surface area contributed by atoms with Crippen LogP contribution in [0.2, 0.25) is 0 Å². The molecule has 2 rings (SSSR count). The predicted octanol–water partition coefficient (Wildman–Crippen LogP) is 0.872. The van der Waals surface area contributed by atoms with Crippen LogP contribution in [-0.4, -0.2) is 39.0 Å². The van der Waals surface area contributed by atoms with E-state index >= 15 is 0 Å². The summed E-state index contributed by atoms with van der Waals surface area (Å²) < 4.78 is 0. The number of aromatic nitrogens is 2. The Morgan fingerprint density at radius 3 is 3.12 bits per heavy atom. The van der Waals surface area contributed by atoms with Crippen molar-refractivity contribution in [1.82, 2.24) is 14.9 Å². The van der Waals surface area contributed by atoms with E-state index in [4.69, 9.17) is 5.11 Å². The lowest BCUT2D eigenvalue weighted by atomic mass is 10.1. The molecule has 0 bridgehead atoms. The normalized spacial score (nSPS) is 15.6. The summed E-state index contributed by atoms with van der Waals surface area (Å²) in [7, 11) is 0. The molecule has 1 aromatic rings. The maximum Gasteiger partial charge on any atom is 0.311 e. The van der Waals surface area contributed by atoms with Crippen LogP contribution in [0.5, 0.6) is 0 Å². The molecule has 0 spiro atoms. The molecule has 1 aromatic heterocycles. The molecule has 92 valence electrons. The molecule has 17 heavy (non-hydrogen) atoms. The van der Waals surface area contributed by atoms with Gasteiger partial charge in [-0.2, -0.15) is 0 Å². The summed E-state index contributed by atoms with van der Waals surface area (Å²) >= 11 is 0. The van der Waals surface area contributed by atoms with Crippen molar-refractivity contribution in [3.63, 3.8) is 0 Å². The molecule has 0 fully saturated rings. The lowest BCUT2D eigenvalue weighted by Crippen LogP contribution is -2.32. The van der Waals surface area contributed by atoms with Gasteiger partial charge in [0, 0.05) is 19.3 Å². The quantitative estimate of drug-likeness (QED) is 0.838. The van der Waals surface area contributed by atoms with Crippen molar-refractivity contribution in [1.29, 1.82) is 0 Å². The van der Waals surface area contributed by atoms with Gasteiger partial charge in [0.1, 0.15) is 12.2 Å². The predicted molar refractivity (Wildman–Crippen MR) is 62.6 cm³/mol. The SMILES string of the molecule is CCCN1CCc2cnc(CC(=O)O)nc2C1. The topological polar surface area (TPSA) is 66.3 Å². The summed E-state index contributed by atoms with van der Waals surface area (Å²) in [5.41, 5.74) is 2.16. The highest BCUT2D eigenvalue weighted by molar-refractivity contribution is 5.68. The van der Waals surface area contributed by atoms with Crippen LogP contribution in [0, 0.1) is 0 Å². The van der Waals surface area contributed by atoms with Crippen molar-refractivity contribution < 1.29 is 9.90 Å². The molecule has 5 heteroatoms. The van der Waals surface area contributed by atoms with E-state index in [0.717, 1.165) is 43.7 Å². The van der Waals surface area contributed by atoms with Crippen molar-refractivity contribution in [3.05, 3.63) is 23.3 Å². The van der Waals surface area contributed by atoms with E-state index in [1.54, 1.807) is 6.20 Å². The van der Waals surface area contributed by atoms with Crippen molar-refractivity contribution in [2.75, 3.05) is 13.1 Å². The third-order valence-corrected chi connectivity index (χ3v) is 2.92. The number of carboxylic acid groups (broad SMARTS) is 1. The van der Waals surface area contributed by atoms with Gasteiger partial charge in [-0.1, -0.05) is 6.92 Å². The first-order valence-corrected chi connectivity index (χ1v) is 5.97. The van der Waals surface area contributed by atoms with Crippen LogP contribution in [0.4, 0.5) is 0 Å². The third kappa shape index (κ3) is 3.00. The Hall–Kier alpha value is -1.49. The van der Waals surface area contributed by atoms with Crippen LogP contribution in [0.3, 0.4) is 0 Å². The van der Waals surface area contributed by atoms with Crippen molar-refractivity contribution >= 4 is 5.97 Å². The first-order valence-electron chi connectivity index (χ1n) is 5.97. The Kier molecular flexibility index (Phi) is 3.68. The highest BCUT2D eigenvalue weighted by Gasteiger charge is 2.18. The number of carbonyl (C=O) groups is 1. The van der Waals surface area contributed by atoms with Gasteiger partial charge in [-0.15, -0.1) is 0 Å².